The SMILES string of the molecule is CC(C)c1cc(C(C)C)c2c(c1)C(C)c1cc(C(C)C)cc(C(C)C)c1OP(=O)([O-])O2.[Li+]. The van der Waals surface area contributed by atoms with Gasteiger partial charge in [-0.3, -0.25) is 0 Å². The van der Waals surface area contributed by atoms with Crippen LogP contribution in [0.25, 0.3) is 0 Å². The zero-order valence-corrected chi connectivity index (χ0v) is 22.2. The van der Waals surface area contributed by atoms with Gasteiger partial charge in [0.05, 0.1) is 0 Å². The molecule has 0 aliphatic carbocycles. The summed E-state index contributed by atoms with van der Waals surface area (Å²) in [5.74, 6) is 1.66. The molecule has 0 saturated heterocycles. The second kappa shape index (κ2) is 9.98. The molecule has 4 nitrogen and oxygen atoms in total. The molecule has 0 unspecified atom stereocenters. The minimum Gasteiger partial charge on any atom is -0.736 e. The Hall–Kier alpha value is -1.17. The molecule has 1 heterocycles. The fraction of sp³-hybridized carbons (Fsp3) is 0.538. The Morgan fingerprint density at radius 1 is 0.719 bits per heavy atom. The molecule has 0 bridgehead atoms. The quantitative estimate of drug-likeness (QED) is 0.506. The minimum atomic E-state index is -4.61. The summed E-state index contributed by atoms with van der Waals surface area (Å²) in [6, 6.07) is 8.38. The molecular weight excluding hydrogens is 414 g/mol. The van der Waals surface area contributed by atoms with Crippen molar-refractivity contribution in [3.8, 4) is 11.5 Å². The Morgan fingerprint density at radius 2 is 1.06 bits per heavy atom. The summed E-state index contributed by atoms with van der Waals surface area (Å²) in [6.07, 6.45) is 0. The van der Waals surface area contributed by atoms with E-state index in [1.54, 1.807) is 0 Å². The van der Waals surface area contributed by atoms with E-state index in [2.05, 4.69) is 86.6 Å². The molecule has 6 heteroatoms. The van der Waals surface area contributed by atoms with Crippen molar-refractivity contribution >= 4 is 7.82 Å². The van der Waals surface area contributed by atoms with E-state index >= 15 is 0 Å². The van der Waals surface area contributed by atoms with Gasteiger partial charge in [0.1, 0.15) is 11.5 Å². The molecule has 32 heavy (non-hydrogen) atoms. The number of phosphoric ester groups is 1. The summed E-state index contributed by atoms with van der Waals surface area (Å²) in [6.45, 7) is 19.0. The van der Waals surface area contributed by atoms with Crippen LogP contribution in [0, 0.1) is 0 Å². The van der Waals surface area contributed by atoms with Crippen molar-refractivity contribution in [3.05, 3.63) is 57.6 Å². The Labute approximate surface area is 205 Å². The van der Waals surface area contributed by atoms with Gasteiger partial charge in [0, 0.05) is 17.0 Å². The third kappa shape index (κ3) is 5.31. The first-order valence-corrected chi connectivity index (χ1v) is 12.8. The van der Waals surface area contributed by atoms with E-state index in [-0.39, 0.29) is 36.6 Å². The second-order valence-electron chi connectivity index (χ2n) is 10.0. The van der Waals surface area contributed by atoms with Crippen LogP contribution in [-0.4, -0.2) is 0 Å². The molecule has 0 radical (unpaired) electrons. The van der Waals surface area contributed by atoms with Crippen molar-refractivity contribution in [2.24, 2.45) is 0 Å². The van der Waals surface area contributed by atoms with Crippen molar-refractivity contribution < 1.29 is 37.4 Å². The maximum absolute atomic E-state index is 13.0. The summed E-state index contributed by atoms with van der Waals surface area (Å²) in [4.78, 5) is 13.0. The Bertz CT molecular complexity index is 949. The van der Waals surface area contributed by atoms with Crippen molar-refractivity contribution in [2.45, 2.75) is 91.9 Å². The Kier molecular flexibility index (Phi) is 8.45. The van der Waals surface area contributed by atoms with E-state index in [0.29, 0.717) is 23.3 Å². The van der Waals surface area contributed by atoms with Gasteiger partial charge >= 0.3 is 26.7 Å². The fourth-order valence-electron chi connectivity index (χ4n) is 4.19. The summed E-state index contributed by atoms with van der Waals surface area (Å²) in [7, 11) is -4.61. The van der Waals surface area contributed by atoms with Crippen molar-refractivity contribution in [1.82, 2.24) is 0 Å². The molecule has 0 fully saturated rings. The van der Waals surface area contributed by atoms with E-state index in [1.807, 2.05) is 0 Å². The Morgan fingerprint density at radius 3 is 1.34 bits per heavy atom. The summed E-state index contributed by atoms with van der Waals surface area (Å²) in [5, 5.41) is 0. The van der Waals surface area contributed by atoms with Crippen LogP contribution in [0.3, 0.4) is 0 Å². The van der Waals surface area contributed by atoms with Gasteiger partial charge in [0.25, 0.3) is 0 Å². The normalized spacial score (nSPS) is 20.2. The van der Waals surface area contributed by atoms with Gasteiger partial charge in [-0.1, -0.05) is 86.6 Å². The van der Waals surface area contributed by atoms with Gasteiger partial charge in [0.2, 0.25) is 0 Å². The van der Waals surface area contributed by atoms with Crippen LogP contribution < -0.4 is 32.8 Å². The number of hydrogen-bond donors (Lipinski definition) is 0. The van der Waals surface area contributed by atoms with Gasteiger partial charge in [-0.2, -0.15) is 0 Å². The van der Waals surface area contributed by atoms with Crippen LogP contribution in [-0.2, 0) is 4.57 Å². The zero-order valence-electron chi connectivity index (χ0n) is 21.3. The molecule has 0 spiro atoms. The molecule has 170 valence electrons. The fourth-order valence-corrected chi connectivity index (χ4v) is 5.09. The largest absolute Gasteiger partial charge is 1.00 e. The van der Waals surface area contributed by atoms with Crippen LogP contribution in [0.2, 0.25) is 0 Å². The third-order valence-electron chi connectivity index (χ3n) is 6.25. The standard InChI is InChI=1S/C26H37O4P.Li/c1-14(2)19-10-21(16(5)6)25-23(12-19)18(9)24-13-20(15(3)4)11-22(17(7)8)26(24)30-31(27,28)29-25;/h10-18H,1-9H3,(H,27,28);/q;+1/p-1. The molecule has 1 aliphatic rings. The summed E-state index contributed by atoms with van der Waals surface area (Å²) in [5.41, 5.74) is 5.99. The number of rotatable bonds is 4. The van der Waals surface area contributed by atoms with E-state index < -0.39 is 7.82 Å². The number of fused-ring (bicyclic) bond motifs is 2. The predicted octanol–water partition coefficient (Wildman–Crippen LogP) is 4.58. The van der Waals surface area contributed by atoms with Crippen LogP contribution in [0.4, 0.5) is 0 Å². The van der Waals surface area contributed by atoms with E-state index in [4.69, 9.17) is 9.05 Å². The van der Waals surface area contributed by atoms with Crippen LogP contribution in [0.15, 0.2) is 24.3 Å². The topological polar surface area (TPSA) is 58.6 Å². The molecule has 3 rings (SSSR count). The first kappa shape index (κ1) is 27.1. The molecule has 0 saturated carbocycles. The van der Waals surface area contributed by atoms with Crippen molar-refractivity contribution in [2.75, 3.05) is 0 Å². The number of phosphoric acid groups is 1. The molecule has 2 aromatic rings. The molecule has 2 aromatic carbocycles. The molecule has 0 N–H and O–H groups in total. The monoisotopic (exact) mass is 450 g/mol. The van der Waals surface area contributed by atoms with Gasteiger partial charge in [-0.05, 0) is 45.9 Å². The van der Waals surface area contributed by atoms with E-state index in [9.17, 15) is 9.46 Å². The van der Waals surface area contributed by atoms with Crippen molar-refractivity contribution in [3.63, 3.8) is 0 Å². The number of hydrogen-bond acceptors (Lipinski definition) is 4. The van der Waals surface area contributed by atoms with Gasteiger partial charge in [-0.25, -0.2) is 4.57 Å². The van der Waals surface area contributed by atoms with Crippen LogP contribution in [0.1, 0.15) is 125 Å². The molecule has 0 amide bonds. The first-order valence-electron chi connectivity index (χ1n) is 11.4. The molecular formula is C26H36LiO4P. The van der Waals surface area contributed by atoms with E-state index in [0.717, 1.165) is 22.3 Å². The van der Waals surface area contributed by atoms with Gasteiger partial charge < -0.3 is 13.9 Å². The number of benzene rings is 2. The smallest absolute Gasteiger partial charge is 0.736 e. The van der Waals surface area contributed by atoms with Crippen LogP contribution in [0.5, 0.6) is 11.5 Å². The third-order valence-corrected chi connectivity index (χ3v) is 7.07. The van der Waals surface area contributed by atoms with E-state index in [1.165, 1.54) is 11.1 Å². The van der Waals surface area contributed by atoms with Gasteiger partial charge in [-0.15, -0.1) is 0 Å². The second-order valence-corrected chi connectivity index (χ2v) is 11.3. The predicted molar refractivity (Wildman–Crippen MR) is 126 cm³/mol. The first-order chi connectivity index (χ1) is 14.3. The Balaban J connectivity index is 0.00000363. The maximum Gasteiger partial charge on any atom is 1.00 e. The minimum absolute atomic E-state index is 0. The zero-order chi connectivity index (χ0) is 23.2. The summed E-state index contributed by atoms with van der Waals surface area (Å²) >= 11 is 0. The summed E-state index contributed by atoms with van der Waals surface area (Å²) < 4.78 is 24.4. The average Bonchev–Trinajstić information content (AvgIpc) is 2.65. The molecule has 0 atom stereocenters. The van der Waals surface area contributed by atoms with Crippen LogP contribution >= 0.6 is 7.82 Å². The molecule has 0 aromatic heterocycles. The van der Waals surface area contributed by atoms with Gasteiger partial charge in [0.15, 0.2) is 0 Å². The average molecular weight is 450 g/mol. The molecule has 1 aliphatic heterocycles. The maximum atomic E-state index is 13.0. The van der Waals surface area contributed by atoms with Crippen molar-refractivity contribution in [1.29, 1.82) is 0 Å².